The van der Waals surface area contributed by atoms with Crippen molar-refractivity contribution in [3.63, 3.8) is 0 Å². The topological polar surface area (TPSA) is 66.9 Å². The van der Waals surface area contributed by atoms with Gasteiger partial charge < -0.3 is 0 Å². The van der Waals surface area contributed by atoms with Crippen molar-refractivity contribution in [2.45, 2.75) is 24.2 Å². The zero-order valence-corrected chi connectivity index (χ0v) is 18.7. The number of nitro benzene ring substituents is 1. The summed E-state index contributed by atoms with van der Waals surface area (Å²) in [6, 6.07) is 34.6. The predicted molar refractivity (Wildman–Crippen MR) is 130 cm³/mol. The minimum Gasteiger partial charge on any atom is -0.258 e. The van der Waals surface area contributed by atoms with Crippen LogP contribution in [0.1, 0.15) is 29.2 Å². The van der Waals surface area contributed by atoms with Crippen molar-refractivity contribution in [2.24, 2.45) is 0 Å². The van der Waals surface area contributed by atoms with Gasteiger partial charge in [-0.3, -0.25) is 10.1 Å². The Hall–Kier alpha value is -4.30. The maximum atomic E-state index is 13.9. The molecule has 0 radical (unpaired) electrons. The highest BCUT2D eigenvalue weighted by Crippen LogP contribution is 2.50. The van der Waals surface area contributed by atoms with Crippen molar-refractivity contribution < 1.29 is 9.31 Å². The SMILES string of the molecule is CC(c1ccccc1)(c1ccccc1)[C@@](C#N)(Cc1ccc([N+](=O)[O-])cc1)c1ccc(F)cc1. The van der Waals surface area contributed by atoms with Crippen molar-refractivity contribution in [3.05, 3.63) is 147 Å². The van der Waals surface area contributed by atoms with Crippen LogP contribution >= 0.6 is 0 Å². The van der Waals surface area contributed by atoms with Crippen LogP contribution in [0.2, 0.25) is 0 Å². The molecule has 4 rings (SSSR count). The largest absolute Gasteiger partial charge is 0.269 e. The molecular weight excluding hydrogens is 427 g/mol. The third kappa shape index (κ3) is 3.95. The number of nitriles is 1. The number of halogens is 1. The van der Waals surface area contributed by atoms with Crippen LogP contribution in [0, 0.1) is 27.3 Å². The molecule has 34 heavy (non-hydrogen) atoms. The lowest BCUT2D eigenvalue weighted by Gasteiger charge is -2.46. The fourth-order valence-corrected chi connectivity index (χ4v) is 4.76. The molecule has 168 valence electrons. The Labute approximate surface area is 198 Å². The summed E-state index contributed by atoms with van der Waals surface area (Å²) in [7, 11) is 0. The number of non-ortho nitro benzene ring substituents is 1. The number of benzene rings is 4. The van der Waals surface area contributed by atoms with Crippen molar-refractivity contribution >= 4 is 5.69 Å². The van der Waals surface area contributed by atoms with Gasteiger partial charge in [0, 0.05) is 17.5 Å². The normalized spacial score (nSPS) is 13.0. The zero-order chi connectivity index (χ0) is 24.2. The highest BCUT2D eigenvalue weighted by atomic mass is 19.1. The van der Waals surface area contributed by atoms with Crippen molar-refractivity contribution in [1.82, 2.24) is 0 Å². The van der Waals surface area contributed by atoms with Gasteiger partial charge in [0.25, 0.3) is 5.69 Å². The third-order valence-corrected chi connectivity index (χ3v) is 6.70. The second kappa shape index (κ2) is 9.29. The summed E-state index contributed by atoms with van der Waals surface area (Å²) in [5, 5.41) is 22.1. The summed E-state index contributed by atoms with van der Waals surface area (Å²) >= 11 is 0. The number of nitro groups is 1. The lowest BCUT2D eigenvalue weighted by molar-refractivity contribution is -0.384. The molecule has 5 heteroatoms. The van der Waals surface area contributed by atoms with Crippen molar-refractivity contribution in [2.75, 3.05) is 0 Å². The minimum absolute atomic E-state index is 0.0121. The lowest BCUT2D eigenvalue weighted by Crippen LogP contribution is -2.49. The van der Waals surface area contributed by atoms with Crippen LogP contribution in [0.25, 0.3) is 0 Å². The Bertz CT molecular complexity index is 1280. The molecular formula is C29H23FN2O2. The second-order valence-electron chi connectivity index (χ2n) is 8.48. The van der Waals surface area contributed by atoms with E-state index in [1.807, 2.05) is 67.6 Å². The number of hydrogen-bond donors (Lipinski definition) is 0. The molecule has 0 spiro atoms. The van der Waals surface area contributed by atoms with Crippen LogP contribution < -0.4 is 0 Å². The molecule has 0 amide bonds. The van der Waals surface area contributed by atoms with Crippen LogP contribution in [0.3, 0.4) is 0 Å². The van der Waals surface area contributed by atoms with Gasteiger partial charge in [-0.2, -0.15) is 5.26 Å². The van der Waals surface area contributed by atoms with E-state index in [0.717, 1.165) is 16.7 Å². The quantitative estimate of drug-likeness (QED) is 0.231. The van der Waals surface area contributed by atoms with Crippen LogP contribution in [0.15, 0.2) is 109 Å². The second-order valence-corrected chi connectivity index (χ2v) is 8.48. The van der Waals surface area contributed by atoms with E-state index in [-0.39, 0.29) is 17.9 Å². The van der Waals surface area contributed by atoms with Gasteiger partial charge in [0.05, 0.1) is 16.4 Å². The molecule has 0 aromatic heterocycles. The van der Waals surface area contributed by atoms with Gasteiger partial charge >= 0.3 is 0 Å². The lowest BCUT2D eigenvalue weighted by atomic mass is 9.53. The molecule has 0 N–H and O–H groups in total. The smallest absolute Gasteiger partial charge is 0.258 e. The molecule has 0 aliphatic carbocycles. The Balaban J connectivity index is 2.01. The average Bonchev–Trinajstić information content (AvgIpc) is 2.88. The molecule has 0 aliphatic rings. The highest BCUT2D eigenvalue weighted by Gasteiger charge is 2.52. The Kier molecular flexibility index (Phi) is 6.25. The zero-order valence-electron chi connectivity index (χ0n) is 18.7. The summed E-state index contributed by atoms with van der Waals surface area (Å²) in [6.07, 6.45) is 0.271. The average molecular weight is 451 g/mol. The maximum absolute atomic E-state index is 13.9. The van der Waals surface area contributed by atoms with Crippen molar-refractivity contribution in [1.29, 1.82) is 5.26 Å². The molecule has 4 aromatic rings. The summed E-state index contributed by atoms with van der Waals surface area (Å²) in [5.41, 5.74) is 1.33. The molecule has 0 fully saturated rings. The number of nitrogens with zero attached hydrogens (tertiary/aromatic N) is 2. The molecule has 0 saturated heterocycles. The summed E-state index contributed by atoms with van der Waals surface area (Å²) in [4.78, 5) is 10.7. The molecule has 0 bridgehead atoms. The Morgan fingerprint density at radius 3 is 1.74 bits per heavy atom. The highest BCUT2D eigenvalue weighted by molar-refractivity contribution is 5.53. The maximum Gasteiger partial charge on any atom is 0.269 e. The van der Waals surface area contributed by atoms with E-state index in [2.05, 4.69) is 6.07 Å². The summed E-state index contributed by atoms with van der Waals surface area (Å²) in [6.45, 7) is 2.04. The van der Waals surface area contributed by atoms with Crippen LogP contribution in [0.5, 0.6) is 0 Å². The fourth-order valence-electron chi connectivity index (χ4n) is 4.76. The van der Waals surface area contributed by atoms with Gasteiger partial charge in [0.1, 0.15) is 5.82 Å². The molecule has 4 nitrogen and oxygen atoms in total. The summed E-state index contributed by atoms with van der Waals surface area (Å²) in [5.74, 6) is -0.382. The van der Waals surface area contributed by atoms with Gasteiger partial charge in [-0.1, -0.05) is 84.9 Å². The van der Waals surface area contributed by atoms with Gasteiger partial charge in [0.2, 0.25) is 0 Å². The molecule has 4 aromatic carbocycles. The van der Waals surface area contributed by atoms with Gasteiger partial charge in [-0.15, -0.1) is 0 Å². The molecule has 0 unspecified atom stereocenters. The van der Waals surface area contributed by atoms with Gasteiger partial charge in [0.15, 0.2) is 0 Å². The predicted octanol–water partition coefficient (Wildman–Crippen LogP) is 6.74. The first-order valence-corrected chi connectivity index (χ1v) is 10.9. The van der Waals surface area contributed by atoms with E-state index in [1.165, 1.54) is 24.3 Å². The first-order valence-electron chi connectivity index (χ1n) is 10.9. The summed E-state index contributed by atoms with van der Waals surface area (Å²) < 4.78 is 13.9. The fraction of sp³-hybridized carbons (Fsp3) is 0.138. The third-order valence-electron chi connectivity index (χ3n) is 6.70. The van der Waals surface area contributed by atoms with E-state index in [9.17, 15) is 19.8 Å². The van der Waals surface area contributed by atoms with E-state index in [1.54, 1.807) is 24.3 Å². The first kappa shape index (κ1) is 22.9. The van der Waals surface area contributed by atoms with Crippen molar-refractivity contribution in [3.8, 4) is 6.07 Å². The Morgan fingerprint density at radius 2 is 1.29 bits per heavy atom. The van der Waals surface area contributed by atoms with E-state index in [4.69, 9.17) is 0 Å². The van der Waals surface area contributed by atoms with Gasteiger partial charge in [-0.25, -0.2) is 4.39 Å². The molecule has 0 aliphatic heterocycles. The number of hydrogen-bond acceptors (Lipinski definition) is 3. The van der Waals surface area contributed by atoms with Crippen LogP contribution in [-0.4, -0.2) is 4.92 Å². The molecule has 0 heterocycles. The van der Waals surface area contributed by atoms with Crippen LogP contribution in [-0.2, 0) is 17.3 Å². The molecule has 0 saturated carbocycles. The first-order chi connectivity index (χ1) is 16.4. The van der Waals surface area contributed by atoms with E-state index in [0.29, 0.717) is 5.56 Å². The van der Waals surface area contributed by atoms with Crippen LogP contribution in [0.4, 0.5) is 10.1 Å². The number of rotatable bonds is 7. The van der Waals surface area contributed by atoms with E-state index >= 15 is 0 Å². The monoisotopic (exact) mass is 450 g/mol. The van der Waals surface area contributed by atoms with E-state index < -0.39 is 15.8 Å². The standard InChI is InChI=1S/C29H23FN2O2/c1-28(23-8-4-2-5-9-23,24-10-6-3-7-11-24)29(21-31,25-14-16-26(30)17-15-25)20-22-12-18-27(19-13-22)32(33)34/h2-19H,20H2,1H3/t29-/m1/s1. The minimum atomic E-state index is -1.15. The molecule has 1 atom stereocenters. The Morgan fingerprint density at radius 1 is 0.794 bits per heavy atom. The van der Waals surface area contributed by atoms with Gasteiger partial charge in [-0.05, 0) is 47.7 Å².